The minimum atomic E-state index is -2.65. The van der Waals surface area contributed by atoms with Crippen molar-refractivity contribution in [2.24, 2.45) is 0 Å². The number of halogens is 1. The van der Waals surface area contributed by atoms with Gasteiger partial charge < -0.3 is 4.57 Å². The molecular formula is C11H11BrN2. The van der Waals surface area contributed by atoms with E-state index in [0.29, 0.717) is 10.2 Å². The van der Waals surface area contributed by atoms with Gasteiger partial charge >= 0.3 is 0 Å². The summed E-state index contributed by atoms with van der Waals surface area (Å²) in [7, 11) is 0. The molecule has 0 saturated heterocycles. The van der Waals surface area contributed by atoms with Gasteiger partial charge in [-0.25, -0.2) is 4.98 Å². The average Bonchev–Trinajstić information content (AvgIpc) is 2.67. The minimum absolute atomic E-state index is 0.358. The molecule has 2 aromatic rings. The second kappa shape index (κ2) is 3.58. The van der Waals surface area contributed by atoms with Crippen LogP contribution in [0.5, 0.6) is 0 Å². The van der Waals surface area contributed by atoms with Gasteiger partial charge in [0.25, 0.3) is 0 Å². The Morgan fingerprint density at radius 3 is 3.00 bits per heavy atom. The highest BCUT2D eigenvalue weighted by Gasteiger charge is 2.05. The molecule has 0 aliphatic carbocycles. The molecule has 14 heavy (non-hydrogen) atoms. The highest BCUT2D eigenvalue weighted by Crippen LogP contribution is 2.21. The lowest BCUT2D eigenvalue weighted by Crippen LogP contribution is -1.95. The first kappa shape index (κ1) is 4.19. The first-order valence-corrected chi connectivity index (χ1v) is 4.68. The molecule has 2 rings (SSSR count). The number of aryl methyl sites for hydroxylation is 2. The molecule has 1 heterocycles. The van der Waals surface area contributed by atoms with Crippen molar-refractivity contribution in [3.63, 3.8) is 0 Å². The SMILES string of the molecule is [2H]c1c(C([2H])([2H])[2H])nc(C([2H])([2H])[2H])n1-c1ccccc1Br. The van der Waals surface area contributed by atoms with E-state index in [4.69, 9.17) is 9.60 Å². The summed E-state index contributed by atoms with van der Waals surface area (Å²) in [5.41, 5.74) is -0.166. The fourth-order valence-electron chi connectivity index (χ4n) is 1.15. The molecule has 0 aliphatic heterocycles. The molecule has 0 spiro atoms. The summed E-state index contributed by atoms with van der Waals surface area (Å²) in [6, 6.07) is 6.65. The van der Waals surface area contributed by atoms with Gasteiger partial charge in [0.05, 0.1) is 12.8 Å². The smallest absolute Gasteiger partial charge is 0.110 e. The number of imidazole rings is 1. The van der Waals surface area contributed by atoms with Gasteiger partial charge in [-0.1, -0.05) is 12.1 Å². The first-order chi connectivity index (χ1) is 9.53. The molecule has 0 N–H and O–H groups in total. The van der Waals surface area contributed by atoms with E-state index in [-0.39, 0.29) is 0 Å². The molecule has 0 amide bonds. The van der Waals surface area contributed by atoms with Crippen LogP contribution in [0.3, 0.4) is 0 Å². The fourth-order valence-corrected chi connectivity index (χ4v) is 1.61. The van der Waals surface area contributed by atoms with Crippen molar-refractivity contribution in [3.05, 3.63) is 46.4 Å². The first-order valence-electron chi connectivity index (χ1n) is 7.38. The van der Waals surface area contributed by atoms with E-state index >= 15 is 0 Å². The summed E-state index contributed by atoms with van der Waals surface area (Å²) in [4.78, 5) is 3.70. The maximum Gasteiger partial charge on any atom is 0.110 e. The average molecular weight is 258 g/mol. The third-order valence-corrected chi connectivity index (χ3v) is 2.41. The van der Waals surface area contributed by atoms with Crippen LogP contribution in [-0.2, 0) is 0 Å². The fraction of sp³-hybridized carbons (Fsp3) is 0.182. The lowest BCUT2D eigenvalue weighted by atomic mass is 10.3. The van der Waals surface area contributed by atoms with Gasteiger partial charge in [-0.3, -0.25) is 0 Å². The Morgan fingerprint density at radius 2 is 2.29 bits per heavy atom. The molecular weight excluding hydrogens is 240 g/mol. The van der Waals surface area contributed by atoms with Gasteiger partial charge in [0.1, 0.15) is 5.82 Å². The van der Waals surface area contributed by atoms with Crippen molar-refractivity contribution < 1.29 is 9.60 Å². The molecule has 0 atom stereocenters. The van der Waals surface area contributed by atoms with Crippen molar-refractivity contribution in [2.75, 3.05) is 0 Å². The molecule has 0 fully saturated rings. The van der Waals surface area contributed by atoms with Crippen LogP contribution >= 0.6 is 15.9 Å². The summed E-state index contributed by atoms with van der Waals surface area (Å²) in [6.07, 6.45) is -0.451. The third kappa shape index (κ3) is 1.60. The van der Waals surface area contributed by atoms with Crippen LogP contribution < -0.4 is 0 Å². The molecule has 0 unspecified atom stereocenters. The summed E-state index contributed by atoms with van der Waals surface area (Å²) in [5, 5.41) is 0. The van der Waals surface area contributed by atoms with E-state index in [1.54, 1.807) is 24.3 Å². The van der Waals surface area contributed by atoms with Crippen molar-refractivity contribution in [2.45, 2.75) is 13.7 Å². The lowest BCUT2D eigenvalue weighted by Gasteiger charge is -2.06. The molecule has 1 aromatic carbocycles. The zero-order valence-corrected chi connectivity index (χ0v) is 8.67. The van der Waals surface area contributed by atoms with Gasteiger partial charge in [-0.05, 0) is 41.8 Å². The predicted molar refractivity (Wildman–Crippen MR) is 60.7 cm³/mol. The summed E-state index contributed by atoms with van der Waals surface area (Å²) in [6.45, 7) is -5.28. The van der Waals surface area contributed by atoms with Crippen LogP contribution in [-0.4, -0.2) is 9.55 Å². The monoisotopic (exact) mass is 257 g/mol. The molecule has 0 bridgehead atoms. The highest BCUT2D eigenvalue weighted by molar-refractivity contribution is 9.10. The van der Waals surface area contributed by atoms with Crippen LogP contribution in [0, 0.1) is 13.7 Å². The highest BCUT2D eigenvalue weighted by atomic mass is 79.9. The zero-order chi connectivity index (χ0) is 16.0. The third-order valence-electron chi connectivity index (χ3n) is 1.74. The van der Waals surface area contributed by atoms with E-state index in [1.807, 2.05) is 0 Å². The summed E-state index contributed by atoms with van der Waals surface area (Å²) < 4.78 is 54.3. The maximum atomic E-state index is 8.01. The Kier molecular flexibility index (Phi) is 1.07. The van der Waals surface area contributed by atoms with Crippen LogP contribution in [0.4, 0.5) is 0 Å². The van der Waals surface area contributed by atoms with Crippen LogP contribution in [0.15, 0.2) is 34.9 Å². The Labute approximate surface area is 102 Å². The second-order valence-electron chi connectivity index (χ2n) is 2.68. The van der Waals surface area contributed by atoms with Gasteiger partial charge in [-0.2, -0.15) is 0 Å². The Bertz CT molecular complexity index is 672. The van der Waals surface area contributed by atoms with E-state index in [9.17, 15) is 0 Å². The Hall–Kier alpha value is -1.09. The van der Waals surface area contributed by atoms with Gasteiger partial charge in [-0.15, -0.1) is 0 Å². The van der Waals surface area contributed by atoms with Gasteiger partial charge in [0, 0.05) is 18.9 Å². The number of hydrogen-bond acceptors (Lipinski definition) is 1. The largest absolute Gasteiger partial charge is 0.303 e. The van der Waals surface area contributed by atoms with E-state index in [0.717, 1.165) is 4.57 Å². The van der Waals surface area contributed by atoms with E-state index < -0.39 is 31.4 Å². The number of aromatic nitrogens is 2. The Balaban J connectivity index is 2.82. The molecule has 72 valence electrons. The number of rotatable bonds is 1. The second-order valence-corrected chi connectivity index (χ2v) is 3.54. The normalized spacial score (nSPS) is 19.6. The predicted octanol–water partition coefficient (Wildman–Crippen LogP) is 3.25. The lowest BCUT2D eigenvalue weighted by molar-refractivity contribution is 0.969. The molecule has 1 aromatic heterocycles. The maximum absolute atomic E-state index is 8.01. The number of nitrogens with zero attached hydrogens (tertiary/aromatic N) is 2. The van der Waals surface area contributed by atoms with Crippen LogP contribution in [0.1, 0.15) is 21.1 Å². The summed E-state index contributed by atoms with van der Waals surface area (Å²) in [5.74, 6) is -0.439. The van der Waals surface area contributed by atoms with E-state index in [2.05, 4.69) is 20.9 Å². The van der Waals surface area contributed by atoms with E-state index in [1.165, 1.54) is 0 Å². The molecule has 3 heteroatoms. The molecule has 0 saturated carbocycles. The molecule has 0 radical (unpaired) electrons. The van der Waals surface area contributed by atoms with Crippen molar-refractivity contribution >= 4 is 15.9 Å². The number of para-hydroxylation sites is 1. The minimum Gasteiger partial charge on any atom is -0.303 e. The summed E-state index contributed by atoms with van der Waals surface area (Å²) >= 11 is 3.27. The molecule has 2 nitrogen and oxygen atoms in total. The number of hydrogen-bond donors (Lipinski definition) is 0. The van der Waals surface area contributed by atoms with Crippen molar-refractivity contribution in [1.29, 1.82) is 0 Å². The van der Waals surface area contributed by atoms with Crippen molar-refractivity contribution in [3.8, 4) is 5.69 Å². The Morgan fingerprint density at radius 1 is 1.43 bits per heavy atom. The quantitative estimate of drug-likeness (QED) is 0.767. The van der Waals surface area contributed by atoms with Gasteiger partial charge in [0.2, 0.25) is 0 Å². The zero-order valence-electron chi connectivity index (χ0n) is 14.1. The standard InChI is InChI=1S/C11H11BrN2/c1-8-7-14(9(2)13-8)11-6-4-3-5-10(11)12/h3-7H,1-2H3/i1D3,2D3,7D. The number of benzene rings is 1. The van der Waals surface area contributed by atoms with Crippen LogP contribution in [0.2, 0.25) is 0 Å². The van der Waals surface area contributed by atoms with Crippen LogP contribution in [0.25, 0.3) is 5.69 Å². The topological polar surface area (TPSA) is 17.8 Å². The van der Waals surface area contributed by atoms with Crippen molar-refractivity contribution in [1.82, 2.24) is 9.55 Å². The van der Waals surface area contributed by atoms with Gasteiger partial charge in [0.15, 0.2) is 0 Å². The molecule has 0 aliphatic rings.